The number of hydrogen-bond acceptors (Lipinski definition) is 6. The lowest BCUT2D eigenvalue weighted by Crippen LogP contribution is -2.52. The van der Waals surface area contributed by atoms with E-state index < -0.39 is 22.5 Å². The summed E-state index contributed by atoms with van der Waals surface area (Å²) >= 11 is 5.66. The van der Waals surface area contributed by atoms with Gasteiger partial charge >= 0.3 is 6.03 Å². The van der Waals surface area contributed by atoms with Crippen LogP contribution in [0.1, 0.15) is 10.4 Å². The van der Waals surface area contributed by atoms with E-state index in [1.165, 1.54) is 12.1 Å². The number of urea groups is 1. The average molecular weight is 329 g/mol. The quantitative estimate of drug-likeness (QED) is 0.630. The molecule has 0 saturated carbocycles. The largest absolute Gasteiger partial charge is 0.379 e. The van der Waals surface area contributed by atoms with Crippen molar-refractivity contribution in [3.63, 3.8) is 0 Å². The van der Waals surface area contributed by atoms with Crippen LogP contribution in [-0.4, -0.2) is 48.2 Å². The van der Waals surface area contributed by atoms with E-state index in [-0.39, 0.29) is 10.6 Å². The molecular formula is C12H13ClN4O5. The molecule has 22 heavy (non-hydrogen) atoms. The Morgan fingerprint density at radius 1 is 1.32 bits per heavy atom. The van der Waals surface area contributed by atoms with Crippen molar-refractivity contribution in [2.45, 2.75) is 0 Å². The van der Waals surface area contributed by atoms with Gasteiger partial charge in [-0.2, -0.15) is 0 Å². The number of amides is 3. The Bertz CT molecular complexity index is 603. The number of carbonyl (C=O) groups excluding carboxylic acids is 2. The molecule has 1 aromatic carbocycles. The second-order valence-electron chi connectivity index (χ2n) is 4.42. The first-order chi connectivity index (χ1) is 10.5. The zero-order valence-electron chi connectivity index (χ0n) is 11.4. The van der Waals surface area contributed by atoms with Gasteiger partial charge in [-0.25, -0.2) is 9.80 Å². The molecule has 0 atom stereocenters. The molecule has 0 aromatic heterocycles. The van der Waals surface area contributed by atoms with E-state index in [9.17, 15) is 19.7 Å². The predicted octanol–water partition coefficient (Wildman–Crippen LogP) is 0.935. The molecule has 2 rings (SSSR count). The molecule has 0 aliphatic carbocycles. The lowest BCUT2D eigenvalue weighted by molar-refractivity contribution is -0.384. The molecule has 0 unspecified atom stereocenters. The summed E-state index contributed by atoms with van der Waals surface area (Å²) in [6, 6.07) is 2.82. The number of halogens is 1. The van der Waals surface area contributed by atoms with Gasteiger partial charge in [0.2, 0.25) is 0 Å². The molecule has 1 saturated heterocycles. The Kier molecular flexibility index (Phi) is 5.26. The Balaban J connectivity index is 1.98. The number of carbonyl (C=O) groups is 2. The van der Waals surface area contributed by atoms with Gasteiger partial charge < -0.3 is 4.74 Å². The molecule has 1 aliphatic rings. The summed E-state index contributed by atoms with van der Waals surface area (Å²) in [4.78, 5) is 33.7. The van der Waals surface area contributed by atoms with Crippen LogP contribution in [0.2, 0.25) is 5.02 Å². The van der Waals surface area contributed by atoms with Crippen molar-refractivity contribution in [3.8, 4) is 0 Å². The van der Waals surface area contributed by atoms with Crippen LogP contribution in [0.5, 0.6) is 0 Å². The van der Waals surface area contributed by atoms with Gasteiger partial charge in [-0.1, -0.05) is 11.6 Å². The van der Waals surface area contributed by atoms with Crippen molar-refractivity contribution in [2.24, 2.45) is 0 Å². The highest BCUT2D eigenvalue weighted by molar-refractivity contribution is 6.32. The van der Waals surface area contributed by atoms with Crippen LogP contribution in [0, 0.1) is 10.1 Å². The number of nitrogens with one attached hydrogen (secondary N) is 2. The van der Waals surface area contributed by atoms with E-state index in [1.54, 1.807) is 5.01 Å². The zero-order chi connectivity index (χ0) is 16.1. The highest BCUT2D eigenvalue weighted by Gasteiger charge is 2.19. The first-order valence-corrected chi connectivity index (χ1v) is 6.74. The Morgan fingerprint density at radius 3 is 2.64 bits per heavy atom. The van der Waals surface area contributed by atoms with Crippen LogP contribution in [0.4, 0.5) is 10.5 Å². The summed E-state index contributed by atoms with van der Waals surface area (Å²) in [6.07, 6.45) is 0. The van der Waals surface area contributed by atoms with E-state index in [1.807, 2.05) is 0 Å². The maximum Gasteiger partial charge on any atom is 0.336 e. The summed E-state index contributed by atoms with van der Waals surface area (Å²) in [6.45, 7) is 1.98. The van der Waals surface area contributed by atoms with Crippen molar-refractivity contribution in [2.75, 3.05) is 26.3 Å². The van der Waals surface area contributed by atoms with Gasteiger partial charge in [0.25, 0.3) is 11.6 Å². The van der Waals surface area contributed by atoms with Crippen molar-refractivity contribution in [1.82, 2.24) is 15.8 Å². The van der Waals surface area contributed by atoms with E-state index in [4.69, 9.17) is 16.3 Å². The third-order valence-corrected chi connectivity index (χ3v) is 3.22. The molecule has 1 aromatic rings. The van der Waals surface area contributed by atoms with Gasteiger partial charge in [0.1, 0.15) is 5.02 Å². The summed E-state index contributed by atoms with van der Waals surface area (Å²) in [5.41, 5.74) is 2.06. The molecule has 1 fully saturated rings. The highest BCUT2D eigenvalue weighted by atomic mass is 35.5. The molecule has 9 nitrogen and oxygen atoms in total. The van der Waals surface area contributed by atoms with Crippen molar-refractivity contribution in [3.05, 3.63) is 38.9 Å². The normalized spacial score (nSPS) is 15.1. The second-order valence-corrected chi connectivity index (χ2v) is 4.82. The SMILES string of the molecule is O=C(NC(=O)c1ccc(Cl)c([N+](=O)[O-])c1)NN1CCOCC1. The molecule has 2 N–H and O–H groups in total. The fraction of sp³-hybridized carbons (Fsp3) is 0.333. The molecule has 0 spiro atoms. The standard InChI is InChI=1S/C12H13ClN4O5/c13-9-2-1-8(7-10(9)17(20)21)11(18)14-12(19)15-16-3-5-22-6-4-16/h1-2,7H,3-6H2,(H2,14,15,18,19). The highest BCUT2D eigenvalue weighted by Crippen LogP contribution is 2.24. The fourth-order valence-corrected chi connectivity index (χ4v) is 2.00. The number of rotatable bonds is 3. The lowest BCUT2D eigenvalue weighted by Gasteiger charge is -2.26. The average Bonchev–Trinajstić information content (AvgIpc) is 2.48. The molecule has 1 aliphatic heterocycles. The molecule has 0 radical (unpaired) electrons. The summed E-state index contributed by atoms with van der Waals surface area (Å²) in [7, 11) is 0. The summed E-state index contributed by atoms with van der Waals surface area (Å²) in [5, 5.41) is 14.4. The minimum absolute atomic E-state index is 0.0340. The Hall–Kier alpha value is -2.23. The van der Waals surface area contributed by atoms with Crippen LogP contribution < -0.4 is 10.7 Å². The van der Waals surface area contributed by atoms with Gasteiger partial charge in [0.05, 0.1) is 18.1 Å². The van der Waals surface area contributed by atoms with Crippen molar-refractivity contribution < 1.29 is 19.2 Å². The number of morpholine rings is 1. The lowest BCUT2D eigenvalue weighted by atomic mass is 10.2. The smallest absolute Gasteiger partial charge is 0.336 e. The third kappa shape index (κ3) is 4.13. The molecule has 10 heteroatoms. The number of nitro benzene ring substituents is 1. The van der Waals surface area contributed by atoms with Gasteiger partial charge in [-0.15, -0.1) is 0 Å². The number of imide groups is 1. The number of nitro groups is 1. The van der Waals surface area contributed by atoms with Crippen LogP contribution in [0.3, 0.4) is 0 Å². The van der Waals surface area contributed by atoms with E-state index in [0.717, 1.165) is 6.07 Å². The number of benzene rings is 1. The maximum atomic E-state index is 11.9. The minimum Gasteiger partial charge on any atom is -0.379 e. The van der Waals surface area contributed by atoms with E-state index >= 15 is 0 Å². The van der Waals surface area contributed by atoms with Gasteiger partial charge in [0.15, 0.2) is 0 Å². The van der Waals surface area contributed by atoms with Crippen molar-refractivity contribution in [1.29, 1.82) is 0 Å². The molecule has 3 amide bonds. The zero-order valence-corrected chi connectivity index (χ0v) is 12.1. The number of hydrazine groups is 1. The Labute approximate surface area is 130 Å². The number of nitrogens with zero attached hydrogens (tertiary/aromatic N) is 2. The topological polar surface area (TPSA) is 114 Å². The monoisotopic (exact) mass is 328 g/mol. The first-order valence-electron chi connectivity index (χ1n) is 6.36. The summed E-state index contributed by atoms with van der Waals surface area (Å²) < 4.78 is 5.12. The first kappa shape index (κ1) is 16.1. The second kappa shape index (κ2) is 7.16. The van der Waals surface area contributed by atoms with Crippen LogP contribution in [-0.2, 0) is 4.74 Å². The van der Waals surface area contributed by atoms with E-state index in [2.05, 4.69) is 10.7 Å². The van der Waals surface area contributed by atoms with Gasteiger partial charge in [-0.3, -0.25) is 25.7 Å². The molecule has 0 bridgehead atoms. The Morgan fingerprint density at radius 2 is 2.00 bits per heavy atom. The molecular weight excluding hydrogens is 316 g/mol. The number of hydrogen-bond donors (Lipinski definition) is 2. The van der Waals surface area contributed by atoms with Crippen LogP contribution in [0.25, 0.3) is 0 Å². The summed E-state index contributed by atoms with van der Waals surface area (Å²) in [5.74, 6) is -0.759. The van der Waals surface area contributed by atoms with Gasteiger partial charge in [0, 0.05) is 24.7 Å². The van der Waals surface area contributed by atoms with Gasteiger partial charge in [-0.05, 0) is 12.1 Å². The fourth-order valence-electron chi connectivity index (χ4n) is 1.82. The van der Waals surface area contributed by atoms with Crippen molar-refractivity contribution >= 4 is 29.2 Å². The molecule has 1 heterocycles. The third-order valence-electron chi connectivity index (χ3n) is 2.90. The van der Waals surface area contributed by atoms with E-state index in [0.29, 0.717) is 26.3 Å². The van der Waals surface area contributed by atoms with Crippen LogP contribution >= 0.6 is 11.6 Å². The molecule has 118 valence electrons. The predicted molar refractivity (Wildman–Crippen MR) is 76.5 cm³/mol. The van der Waals surface area contributed by atoms with Crippen LogP contribution in [0.15, 0.2) is 18.2 Å². The maximum absolute atomic E-state index is 11.9. The number of ether oxygens (including phenoxy) is 1. The minimum atomic E-state index is -0.759.